The van der Waals surface area contributed by atoms with Gasteiger partial charge in [-0.25, -0.2) is 5.01 Å². The van der Waals surface area contributed by atoms with E-state index in [-0.39, 0.29) is 11.8 Å². The van der Waals surface area contributed by atoms with Gasteiger partial charge in [0.1, 0.15) is 0 Å². The Labute approximate surface area is 94.8 Å². The van der Waals surface area contributed by atoms with Gasteiger partial charge < -0.3 is 0 Å². The van der Waals surface area contributed by atoms with Crippen molar-refractivity contribution in [2.75, 3.05) is 5.01 Å². The molecule has 1 saturated carbocycles. The molecule has 0 spiro atoms. The van der Waals surface area contributed by atoms with E-state index < -0.39 is 0 Å². The van der Waals surface area contributed by atoms with Gasteiger partial charge in [0.25, 0.3) is 5.91 Å². The van der Waals surface area contributed by atoms with Crippen molar-refractivity contribution in [1.29, 1.82) is 0 Å². The molecule has 1 aromatic carbocycles. The SMILES string of the molecule is O=C1C(C2CCC2)C=NN1c1ccccc1. The van der Waals surface area contributed by atoms with Crippen LogP contribution in [0.5, 0.6) is 0 Å². The van der Waals surface area contributed by atoms with E-state index in [0.29, 0.717) is 5.92 Å². The first-order chi connectivity index (χ1) is 7.86. The third-order valence-corrected chi connectivity index (χ3v) is 3.50. The van der Waals surface area contributed by atoms with Gasteiger partial charge in [0.15, 0.2) is 0 Å². The molecular formula is C13H14N2O. The first-order valence-electron chi connectivity index (χ1n) is 5.79. The van der Waals surface area contributed by atoms with Gasteiger partial charge in [-0.05, 0) is 30.9 Å². The van der Waals surface area contributed by atoms with Crippen LogP contribution >= 0.6 is 0 Å². The minimum atomic E-state index is 0.0222. The molecule has 1 atom stereocenters. The molecule has 2 aliphatic rings. The lowest BCUT2D eigenvalue weighted by Gasteiger charge is -2.28. The number of para-hydroxylation sites is 1. The second kappa shape index (κ2) is 3.74. The highest BCUT2D eigenvalue weighted by atomic mass is 16.2. The van der Waals surface area contributed by atoms with Crippen LogP contribution in [0.2, 0.25) is 0 Å². The first kappa shape index (κ1) is 9.58. The molecule has 1 aliphatic heterocycles. The quantitative estimate of drug-likeness (QED) is 0.744. The Hall–Kier alpha value is -1.64. The summed E-state index contributed by atoms with van der Waals surface area (Å²) in [5, 5.41) is 5.76. The Morgan fingerprint density at radius 3 is 2.56 bits per heavy atom. The summed E-state index contributed by atoms with van der Waals surface area (Å²) in [7, 11) is 0. The number of amides is 1. The highest BCUT2D eigenvalue weighted by molar-refractivity contribution is 6.08. The van der Waals surface area contributed by atoms with E-state index in [9.17, 15) is 4.79 Å². The Kier molecular flexibility index (Phi) is 2.24. The van der Waals surface area contributed by atoms with Gasteiger partial charge in [0.05, 0.1) is 11.6 Å². The molecular weight excluding hydrogens is 200 g/mol. The number of benzene rings is 1. The molecule has 0 bridgehead atoms. The highest BCUT2D eigenvalue weighted by Gasteiger charge is 2.38. The van der Waals surface area contributed by atoms with Crippen LogP contribution in [-0.4, -0.2) is 12.1 Å². The molecule has 0 saturated heterocycles. The fraction of sp³-hybridized carbons (Fsp3) is 0.385. The first-order valence-corrected chi connectivity index (χ1v) is 5.79. The predicted octanol–water partition coefficient (Wildman–Crippen LogP) is 2.44. The minimum absolute atomic E-state index is 0.0222. The molecule has 0 radical (unpaired) electrons. The molecule has 1 amide bonds. The van der Waals surface area contributed by atoms with Crippen LogP contribution in [0.4, 0.5) is 5.69 Å². The molecule has 3 nitrogen and oxygen atoms in total. The number of rotatable bonds is 2. The standard InChI is InChI=1S/C13H14N2O/c16-13-12(10-5-4-6-10)9-14-15(13)11-7-2-1-3-8-11/h1-3,7-10,12H,4-6H2. The van der Waals surface area contributed by atoms with Gasteiger partial charge in [-0.3, -0.25) is 4.79 Å². The second-order valence-electron chi connectivity index (χ2n) is 4.47. The minimum Gasteiger partial charge on any atom is -0.272 e. The van der Waals surface area contributed by atoms with Crippen LogP contribution in [0.3, 0.4) is 0 Å². The molecule has 82 valence electrons. The van der Waals surface area contributed by atoms with Crippen molar-refractivity contribution in [2.45, 2.75) is 19.3 Å². The molecule has 1 aromatic rings. The van der Waals surface area contributed by atoms with E-state index in [2.05, 4.69) is 5.10 Å². The summed E-state index contributed by atoms with van der Waals surface area (Å²) < 4.78 is 0. The average Bonchev–Trinajstić information content (AvgIpc) is 2.60. The van der Waals surface area contributed by atoms with Crippen LogP contribution in [0.1, 0.15) is 19.3 Å². The lowest BCUT2D eigenvalue weighted by atomic mass is 9.76. The maximum atomic E-state index is 12.1. The molecule has 1 unspecified atom stereocenters. The van der Waals surface area contributed by atoms with Gasteiger partial charge in [0.2, 0.25) is 0 Å². The van der Waals surface area contributed by atoms with E-state index in [1.54, 1.807) is 0 Å². The predicted molar refractivity (Wildman–Crippen MR) is 63.3 cm³/mol. The summed E-state index contributed by atoms with van der Waals surface area (Å²) in [5.74, 6) is 0.690. The van der Waals surface area contributed by atoms with Crippen molar-refractivity contribution in [3.8, 4) is 0 Å². The highest BCUT2D eigenvalue weighted by Crippen LogP contribution is 2.36. The number of nitrogens with zero attached hydrogens (tertiary/aromatic N) is 2. The number of hydrogen-bond donors (Lipinski definition) is 0. The average molecular weight is 214 g/mol. The summed E-state index contributed by atoms with van der Waals surface area (Å²) in [6.07, 6.45) is 5.42. The maximum absolute atomic E-state index is 12.1. The molecule has 0 aromatic heterocycles. The van der Waals surface area contributed by atoms with E-state index in [1.807, 2.05) is 36.5 Å². The Morgan fingerprint density at radius 2 is 1.94 bits per heavy atom. The monoisotopic (exact) mass is 214 g/mol. The summed E-state index contributed by atoms with van der Waals surface area (Å²) in [6.45, 7) is 0. The van der Waals surface area contributed by atoms with Crippen molar-refractivity contribution >= 4 is 17.8 Å². The van der Waals surface area contributed by atoms with Crippen LogP contribution in [0, 0.1) is 11.8 Å². The molecule has 3 rings (SSSR count). The van der Waals surface area contributed by atoms with Crippen LogP contribution < -0.4 is 5.01 Å². The van der Waals surface area contributed by atoms with Gasteiger partial charge in [-0.1, -0.05) is 24.6 Å². The molecule has 3 heteroatoms. The van der Waals surface area contributed by atoms with Crippen LogP contribution in [-0.2, 0) is 4.79 Å². The van der Waals surface area contributed by atoms with E-state index in [4.69, 9.17) is 0 Å². The van der Waals surface area contributed by atoms with E-state index >= 15 is 0 Å². The van der Waals surface area contributed by atoms with Crippen LogP contribution in [0.15, 0.2) is 35.4 Å². The van der Waals surface area contributed by atoms with Gasteiger partial charge in [-0.2, -0.15) is 5.10 Å². The fourth-order valence-electron chi connectivity index (χ4n) is 2.29. The van der Waals surface area contributed by atoms with E-state index in [1.165, 1.54) is 24.3 Å². The zero-order valence-electron chi connectivity index (χ0n) is 9.04. The Balaban J connectivity index is 1.80. The lowest BCUT2D eigenvalue weighted by molar-refractivity contribution is -0.121. The van der Waals surface area contributed by atoms with Crippen molar-refractivity contribution in [2.24, 2.45) is 16.9 Å². The van der Waals surface area contributed by atoms with Crippen molar-refractivity contribution in [3.63, 3.8) is 0 Å². The van der Waals surface area contributed by atoms with Crippen molar-refractivity contribution in [3.05, 3.63) is 30.3 Å². The van der Waals surface area contributed by atoms with Gasteiger partial charge in [-0.15, -0.1) is 0 Å². The van der Waals surface area contributed by atoms with Gasteiger partial charge >= 0.3 is 0 Å². The fourth-order valence-corrected chi connectivity index (χ4v) is 2.29. The topological polar surface area (TPSA) is 32.7 Å². The third-order valence-electron chi connectivity index (χ3n) is 3.50. The van der Waals surface area contributed by atoms with Crippen LogP contribution in [0.25, 0.3) is 0 Å². The zero-order valence-corrected chi connectivity index (χ0v) is 9.04. The van der Waals surface area contributed by atoms with Gasteiger partial charge in [0, 0.05) is 6.21 Å². The summed E-state index contributed by atoms with van der Waals surface area (Å²) >= 11 is 0. The Bertz CT molecular complexity index is 423. The summed E-state index contributed by atoms with van der Waals surface area (Å²) in [4.78, 5) is 12.1. The Morgan fingerprint density at radius 1 is 1.19 bits per heavy atom. The summed E-state index contributed by atoms with van der Waals surface area (Å²) in [6, 6.07) is 9.62. The molecule has 0 N–H and O–H groups in total. The largest absolute Gasteiger partial charge is 0.272 e. The number of hydrogen-bond acceptors (Lipinski definition) is 2. The van der Waals surface area contributed by atoms with Crippen molar-refractivity contribution < 1.29 is 4.79 Å². The molecule has 16 heavy (non-hydrogen) atoms. The molecule has 1 heterocycles. The number of carbonyl (C=O) groups is 1. The third kappa shape index (κ3) is 1.43. The number of anilines is 1. The molecule has 1 fully saturated rings. The lowest BCUT2D eigenvalue weighted by Crippen LogP contribution is -2.33. The van der Waals surface area contributed by atoms with E-state index in [0.717, 1.165) is 5.69 Å². The normalized spacial score (nSPS) is 24.9. The second-order valence-corrected chi connectivity index (χ2v) is 4.47. The smallest absolute Gasteiger partial charge is 0.256 e. The zero-order chi connectivity index (χ0) is 11.0. The molecule has 1 aliphatic carbocycles. The summed E-state index contributed by atoms with van der Waals surface area (Å²) in [5.41, 5.74) is 0.866. The number of hydrazone groups is 1. The number of carbonyl (C=O) groups excluding carboxylic acids is 1. The maximum Gasteiger partial charge on any atom is 0.256 e. The van der Waals surface area contributed by atoms with Crippen molar-refractivity contribution in [1.82, 2.24) is 0 Å².